The minimum absolute atomic E-state index is 0.359. The smallest absolute Gasteiger partial charge is 0.0459 e. The van der Waals surface area contributed by atoms with E-state index in [1.807, 2.05) is 0 Å². The molecule has 0 spiro atoms. The zero-order chi connectivity index (χ0) is 15.6. The van der Waals surface area contributed by atoms with Gasteiger partial charge in [0.05, 0.1) is 0 Å². The van der Waals surface area contributed by atoms with Crippen LogP contribution in [-0.4, -0.2) is 24.8 Å². The van der Waals surface area contributed by atoms with E-state index in [9.17, 15) is 5.11 Å². The Morgan fingerprint density at radius 1 is 0.850 bits per heavy atom. The normalized spacial score (nSPS) is 14.6. The summed E-state index contributed by atoms with van der Waals surface area (Å²) in [4.78, 5) is 0. The van der Waals surface area contributed by atoms with E-state index in [1.165, 1.54) is 38.5 Å². The Morgan fingerprint density at radius 3 is 2.00 bits per heavy atom. The van der Waals surface area contributed by atoms with E-state index >= 15 is 0 Å². The highest BCUT2D eigenvalue weighted by molar-refractivity contribution is 4.67. The highest BCUT2D eigenvalue weighted by Gasteiger charge is 2.14. The number of hydrogen-bond donors (Lipinski definition) is 2. The van der Waals surface area contributed by atoms with Gasteiger partial charge in [0.1, 0.15) is 0 Å². The molecular weight excluding hydrogens is 246 g/mol. The van der Waals surface area contributed by atoms with Crippen molar-refractivity contribution in [2.45, 2.75) is 80.1 Å². The van der Waals surface area contributed by atoms with Gasteiger partial charge in [-0.15, -0.1) is 0 Å². The number of unbranched alkanes of at least 4 members (excludes halogenated alkanes) is 2. The summed E-state index contributed by atoms with van der Waals surface area (Å²) in [5.74, 6) is 0.511. The Hall–Kier alpha value is -0.0800. The molecule has 0 aromatic rings. The molecule has 2 N–H and O–H groups in total. The lowest BCUT2D eigenvalue weighted by molar-refractivity contribution is 0.190. The predicted molar refractivity (Wildman–Crippen MR) is 90.1 cm³/mol. The highest BCUT2D eigenvalue weighted by atomic mass is 16.3. The molecule has 20 heavy (non-hydrogen) atoms. The van der Waals surface area contributed by atoms with Gasteiger partial charge >= 0.3 is 0 Å². The molecule has 0 aliphatic heterocycles. The van der Waals surface area contributed by atoms with E-state index in [2.05, 4.69) is 46.9 Å². The minimum Gasteiger partial charge on any atom is -0.396 e. The lowest BCUT2D eigenvalue weighted by atomic mass is 9.85. The molecule has 0 radical (unpaired) electrons. The highest BCUT2D eigenvalue weighted by Crippen LogP contribution is 2.25. The van der Waals surface area contributed by atoms with E-state index in [-0.39, 0.29) is 0 Å². The van der Waals surface area contributed by atoms with Crippen molar-refractivity contribution in [1.82, 2.24) is 5.32 Å². The third-order valence-corrected chi connectivity index (χ3v) is 3.68. The monoisotopic (exact) mass is 285 g/mol. The van der Waals surface area contributed by atoms with E-state index in [4.69, 9.17) is 0 Å². The summed E-state index contributed by atoms with van der Waals surface area (Å²) in [6, 6.07) is 0. The number of aliphatic hydroxyl groups excluding tert-OH is 1. The van der Waals surface area contributed by atoms with Gasteiger partial charge in [-0.05, 0) is 55.5 Å². The Kier molecular flexibility index (Phi) is 9.74. The summed E-state index contributed by atoms with van der Waals surface area (Å²) in [5, 5.41) is 13.0. The SMILES string of the molecule is CC(C)(C)CC[C@H](CO)CCCCCNCC(C)(C)C. The zero-order valence-electron chi connectivity index (χ0n) is 14.9. The van der Waals surface area contributed by atoms with E-state index in [0.717, 1.165) is 13.1 Å². The largest absolute Gasteiger partial charge is 0.396 e. The van der Waals surface area contributed by atoms with E-state index < -0.39 is 0 Å². The van der Waals surface area contributed by atoms with Gasteiger partial charge in [-0.1, -0.05) is 54.4 Å². The average molecular weight is 286 g/mol. The molecule has 0 saturated heterocycles. The molecule has 0 heterocycles. The Bertz CT molecular complexity index is 225. The van der Waals surface area contributed by atoms with Gasteiger partial charge in [0.2, 0.25) is 0 Å². The molecule has 0 fully saturated rings. The fourth-order valence-electron chi connectivity index (χ4n) is 2.29. The Labute approximate surface area is 127 Å². The summed E-state index contributed by atoms with van der Waals surface area (Å²) < 4.78 is 0. The fraction of sp³-hybridized carbons (Fsp3) is 1.00. The molecule has 0 unspecified atom stereocenters. The first kappa shape index (κ1) is 19.9. The first-order valence-electron chi connectivity index (χ1n) is 8.46. The van der Waals surface area contributed by atoms with Gasteiger partial charge in [-0.3, -0.25) is 0 Å². The third kappa shape index (κ3) is 14.3. The predicted octanol–water partition coefficient (Wildman–Crippen LogP) is 4.62. The topological polar surface area (TPSA) is 32.3 Å². The summed E-state index contributed by atoms with van der Waals surface area (Å²) in [7, 11) is 0. The second kappa shape index (κ2) is 9.78. The fourth-order valence-corrected chi connectivity index (χ4v) is 2.29. The summed E-state index contributed by atoms with van der Waals surface area (Å²) in [6.07, 6.45) is 7.36. The van der Waals surface area contributed by atoms with Crippen LogP contribution in [0.2, 0.25) is 0 Å². The molecular formula is C18H39NO. The van der Waals surface area contributed by atoms with Gasteiger partial charge < -0.3 is 10.4 Å². The van der Waals surface area contributed by atoms with Crippen molar-refractivity contribution < 1.29 is 5.11 Å². The summed E-state index contributed by atoms with van der Waals surface area (Å²) in [6.45, 7) is 16.2. The summed E-state index contributed by atoms with van der Waals surface area (Å²) in [5.41, 5.74) is 0.777. The number of rotatable bonds is 10. The lowest BCUT2D eigenvalue weighted by Gasteiger charge is -2.22. The van der Waals surface area contributed by atoms with Gasteiger partial charge in [-0.25, -0.2) is 0 Å². The van der Waals surface area contributed by atoms with Crippen LogP contribution in [-0.2, 0) is 0 Å². The maximum atomic E-state index is 9.44. The van der Waals surface area contributed by atoms with Crippen molar-refractivity contribution >= 4 is 0 Å². The van der Waals surface area contributed by atoms with Crippen LogP contribution in [0.3, 0.4) is 0 Å². The lowest BCUT2D eigenvalue weighted by Crippen LogP contribution is -2.27. The van der Waals surface area contributed by atoms with Crippen LogP contribution in [0.5, 0.6) is 0 Å². The van der Waals surface area contributed by atoms with Crippen molar-refractivity contribution in [2.75, 3.05) is 19.7 Å². The molecule has 0 bridgehead atoms. The second-order valence-corrected chi connectivity index (χ2v) is 8.73. The first-order valence-corrected chi connectivity index (χ1v) is 8.46. The quantitative estimate of drug-likeness (QED) is 0.574. The number of aliphatic hydroxyl groups is 1. The third-order valence-electron chi connectivity index (χ3n) is 3.68. The van der Waals surface area contributed by atoms with Gasteiger partial charge in [0.15, 0.2) is 0 Å². The van der Waals surface area contributed by atoms with Gasteiger partial charge in [0, 0.05) is 6.61 Å². The maximum Gasteiger partial charge on any atom is 0.0459 e. The van der Waals surface area contributed by atoms with E-state index in [0.29, 0.717) is 23.4 Å². The van der Waals surface area contributed by atoms with Gasteiger partial charge in [0.25, 0.3) is 0 Å². The van der Waals surface area contributed by atoms with Crippen LogP contribution in [0.1, 0.15) is 80.1 Å². The maximum absolute atomic E-state index is 9.44. The van der Waals surface area contributed by atoms with Gasteiger partial charge in [-0.2, -0.15) is 0 Å². The molecule has 0 aromatic heterocycles. The number of nitrogens with one attached hydrogen (secondary N) is 1. The van der Waals surface area contributed by atoms with Crippen molar-refractivity contribution in [3.8, 4) is 0 Å². The van der Waals surface area contributed by atoms with Crippen LogP contribution in [0, 0.1) is 16.7 Å². The Balaban J connectivity index is 3.52. The van der Waals surface area contributed by atoms with Crippen LogP contribution in [0.15, 0.2) is 0 Å². The van der Waals surface area contributed by atoms with Crippen LogP contribution in [0.4, 0.5) is 0 Å². The molecule has 0 rings (SSSR count). The second-order valence-electron chi connectivity index (χ2n) is 8.73. The first-order chi connectivity index (χ1) is 9.14. The van der Waals surface area contributed by atoms with Crippen LogP contribution < -0.4 is 5.32 Å². The molecule has 122 valence electrons. The molecule has 0 amide bonds. The van der Waals surface area contributed by atoms with Crippen molar-refractivity contribution in [3.63, 3.8) is 0 Å². The molecule has 1 atom stereocenters. The molecule has 0 aliphatic rings. The van der Waals surface area contributed by atoms with Crippen LogP contribution >= 0.6 is 0 Å². The van der Waals surface area contributed by atoms with Crippen molar-refractivity contribution in [1.29, 1.82) is 0 Å². The molecule has 0 aliphatic carbocycles. The Morgan fingerprint density at radius 2 is 1.50 bits per heavy atom. The van der Waals surface area contributed by atoms with Crippen molar-refractivity contribution in [2.24, 2.45) is 16.7 Å². The average Bonchev–Trinajstić information content (AvgIpc) is 2.29. The van der Waals surface area contributed by atoms with Crippen molar-refractivity contribution in [3.05, 3.63) is 0 Å². The molecule has 0 saturated carbocycles. The minimum atomic E-state index is 0.359. The molecule has 2 heteroatoms. The zero-order valence-corrected chi connectivity index (χ0v) is 14.9. The molecule has 0 aromatic carbocycles. The number of hydrogen-bond acceptors (Lipinski definition) is 2. The van der Waals surface area contributed by atoms with Crippen LogP contribution in [0.25, 0.3) is 0 Å². The van der Waals surface area contributed by atoms with E-state index in [1.54, 1.807) is 0 Å². The standard InChI is InChI=1S/C18H39NO/c1-17(2,3)12-11-16(14-20)10-8-7-9-13-19-15-18(4,5)6/h16,19-20H,7-15H2,1-6H3/t16-/m1/s1. The molecule has 2 nitrogen and oxygen atoms in total. The summed E-state index contributed by atoms with van der Waals surface area (Å²) >= 11 is 0.